The van der Waals surface area contributed by atoms with Gasteiger partial charge < -0.3 is 16.4 Å². The van der Waals surface area contributed by atoms with Crippen molar-refractivity contribution in [1.82, 2.24) is 4.90 Å². The summed E-state index contributed by atoms with van der Waals surface area (Å²) in [7, 11) is 0. The van der Waals surface area contributed by atoms with Crippen LogP contribution < -0.4 is 11.5 Å². The molecular weight excluding hydrogens is 392 g/mol. The predicted molar refractivity (Wildman–Crippen MR) is 87.3 cm³/mol. The molecule has 0 saturated heterocycles. The van der Waals surface area contributed by atoms with Gasteiger partial charge >= 0.3 is 12.0 Å². The summed E-state index contributed by atoms with van der Waals surface area (Å²) in [4.78, 5) is 13.4. The van der Waals surface area contributed by atoms with Crippen molar-refractivity contribution in [2.75, 3.05) is 19.6 Å². The molecule has 6 nitrogen and oxygen atoms in total. The molecule has 28 heavy (non-hydrogen) atoms. The highest BCUT2D eigenvalue weighted by molar-refractivity contribution is 5.90. The van der Waals surface area contributed by atoms with Crippen LogP contribution >= 0.6 is 0 Å². The van der Waals surface area contributed by atoms with Gasteiger partial charge in [0, 0.05) is 18.5 Å². The van der Waals surface area contributed by atoms with E-state index in [1.807, 2.05) is 0 Å². The molecular formula is C16H18F6N5O+. The van der Waals surface area contributed by atoms with Gasteiger partial charge in [-0.25, -0.2) is 17.7 Å². The van der Waals surface area contributed by atoms with E-state index in [4.69, 9.17) is 16.9 Å². The van der Waals surface area contributed by atoms with Crippen LogP contribution in [0.3, 0.4) is 0 Å². The first-order valence-electron chi connectivity index (χ1n) is 8.11. The number of carbonyl (C=O) groups excluding carboxylic acids is 1. The molecule has 0 radical (unpaired) electrons. The predicted octanol–water partition coefficient (Wildman–Crippen LogP) is 1.12. The van der Waals surface area contributed by atoms with E-state index < -0.39 is 41.4 Å². The van der Waals surface area contributed by atoms with Gasteiger partial charge in [0.15, 0.2) is 11.6 Å². The third kappa shape index (κ3) is 5.00. The van der Waals surface area contributed by atoms with E-state index in [0.29, 0.717) is 16.7 Å². The van der Waals surface area contributed by atoms with Crippen molar-refractivity contribution in [3.05, 3.63) is 35.1 Å². The van der Waals surface area contributed by atoms with Crippen molar-refractivity contribution < 1.29 is 35.7 Å². The Hall–Kier alpha value is -2.63. The highest BCUT2D eigenvalue weighted by Crippen LogP contribution is 2.18. The molecule has 1 atom stereocenters. The lowest BCUT2D eigenvalue weighted by Crippen LogP contribution is -2.54. The fraction of sp³-hybridized carbons (Fsp3) is 0.438. The van der Waals surface area contributed by atoms with Crippen molar-refractivity contribution in [2.24, 2.45) is 11.5 Å². The topological polar surface area (TPSA) is 99.2 Å². The standard InChI is InChI=1S/C16H17F6N5O/c17-10-6-12(19)11(18)4-8(10)3-9(23)5-14(28)26-1-2-27(13(24)7-26)15(25)16(20,21)22/h4,6,9,24-25H,1-3,5,7,23H2/p+1/t9-/m1/s1. The number of rotatable bonds is 4. The molecule has 12 heteroatoms. The summed E-state index contributed by atoms with van der Waals surface area (Å²) >= 11 is 0. The average molecular weight is 410 g/mol. The Labute approximate surface area is 155 Å². The molecule has 1 aliphatic rings. The fourth-order valence-electron chi connectivity index (χ4n) is 2.77. The summed E-state index contributed by atoms with van der Waals surface area (Å²) in [5.41, 5.74) is 11.1. The minimum atomic E-state index is -4.87. The summed E-state index contributed by atoms with van der Waals surface area (Å²) in [5, 5.41) is 7.11. The van der Waals surface area contributed by atoms with Gasteiger partial charge in [-0.1, -0.05) is 0 Å². The molecule has 0 fully saturated rings. The number of carbonyl (C=O) groups is 1. The van der Waals surface area contributed by atoms with E-state index >= 15 is 0 Å². The molecule has 0 aliphatic carbocycles. The lowest BCUT2D eigenvalue weighted by atomic mass is 10.0. The Morgan fingerprint density at radius 3 is 2.39 bits per heavy atom. The van der Waals surface area contributed by atoms with Crippen LogP contribution in [0.25, 0.3) is 0 Å². The first-order chi connectivity index (χ1) is 12.9. The molecule has 1 aliphatic heterocycles. The van der Waals surface area contributed by atoms with Crippen LogP contribution in [-0.4, -0.2) is 58.9 Å². The number of alkyl halides is 3. The quantitative estimate of drug-likeness (QED) is 0.228. The zero-order valence-electron chi connectivity index (χ0n) is 14.5. The Balaban J connectivity index is 2.00. The normalized spacial score (nSPS) is 16.3. The van der Waals surface area contributed by atoms with Crippen LogP contribution in [0, 0.1) is 22.9 Å². The van der Waals surface area contributed by atoms with Crippen molar-refractivity contribution in [3.63, 3.8) is 0 Å². The lowest BCUT2D eigenvalue weighted by molar-refractivity contribution is -0.437. The SMILES string of the molecule is N=C([N+]1=C(N)CN(C(=O)C[C@H](N)Cc2cc(F)c(F)cc2F)CC1)C(F)(F)F. The number of nitrogens with two attached hydrogens (primary N) is 2. The second kappa shape index (κ2) is 8.17. The zero-order valence-corrected chi connectivity index (χ0v) is 14.5. The monoisotopic (exact) mass is 410 g/mol. The highest BCUT2D eigenvalue weighted by Gasteiger charge is 2.44. The van der Waals surface area contributed by atoms with E-state index in [1.54, 1.807) is 0 Å². The van der Waals surface area contributed by atoms with E-state index in [0.717, 1.165) is 4.90 Å². The van der Waals surface area contributed by atoms with Crippen molar-refractivity contribution >= 4 is 17.6 Å². The van der Waals surface area contributed by atoms with Gasteiger partial charge in [0.1, 0.15) is 12.4 Å². The minimum absolute atomic E-state index is 0.121. The van der Waals surface area contributed by atoms with Crippen LogP contribution in [0.2, 0.25) is 0 Å². The van der Waals surface area contributed by atoms with Gasteiger partial charge in [-0.15, -0.1) is 0 Å². The van der Waals surface area contributed by atoms with Crippen molar-refractivity contribution in [1.29, 1.82) is 5.41 Å². The first kappa shape index (κ1) is 21.7. The Bertz CT molecular complexity index is 822. The molecule has 0 spiro atoms. The van der Waals surface area contributed by atoms with Crippen molar-refractivity contribution in [3.8, 4) is 0 Å². The smallest absolute Gasteiger partial charge is 0.329 e. The van der Waals surface area contributed by atoms with Crippen LogP contribution in [0.5, 0.6) is 0 Å². The Morgan fingerprint density at radius 1 is 1.21 bits per heavy atom. The number of hydrogen-bond acceptors (Lipinski definition) is 4. The van der Waals surface area contributed by atoms with Crippen LogP contribution in [0.15, 0.2) is 12.1 Å². The van der Waals surface area contributed by atoms with Gasteiger partial charge in [-0.05, 0) is 18.1 Å². The molecule has 5 N–H and O–H groups in total. The number of halogens is 6. The van der Waals surface area contributed by atoms with Gasteiger partial charge in [-0.2, -0.15) is 18.6 Å². The second-order valence-corrected chi connectivity index (χ2v) is 6.33. The Morgan fingerprint density at radius 2 is 1.82 bits per heavy atom. The van der Waals surface area contributed by atoms with Crippen molar-refractivity contribution in [2.45, 2.75) is 25.1 Å². The van der Waals surface area contributed by atoms with Gasteiger partial charge in [0.25, 0.3) is 0 Å². The summed E-state index contributed by atoms with van der Waals surface area (Å²) in [5.74, 6) is -6.08. The average Bonchev–Trinajstić information content (AvgIpc) is 2.58. The largest absolute Gasteiger partial charge is 0.481 e. The molecule has 154 valence electrons. The molecule has 0 aromatic heterocycles. The molecule has 1 aromatic carbocycles. The van der Waals surface area contributed by atoms with E-state index in [9.17, 15) is 31.1 Å². The van der Waals surface area contributed by atoms with Gasteiger partial charge in [0.2, 0.25) is 11.7 Å². The van der Waals surface area contributed by atoms with Gasteiger partial charge in [0.05, 0.1) is 13.1 Å². The lowest BCUT2D eigenvalue weighted by Gasteiger charge is -2.28. The summed E-state index contributed by atoms with van der Waals surface area (Å²) in [6.45, 7) is -0.767. The van der Waals surface area contributed by atoms with Gasteiger partial charge in [-0.3, -0.25) is 4.79 Å². The zero-order chi connectivity index (χ0) is 21.2. The molecule has 2 rings (SSSR count). The molecule has 0 saturated carbocycles. The number of hydrogen-bond donors (Lipinski definition) is 3. The number of amides is 1. The van der Waals surface area contributed by atoms with Crippen LogP contribution in [-0.2, 0) is 11.2 Å². The minimum Gasteiger partial charge on any atom is -0.329 e. The first-order valence-corrected chi connectivity index (χ1v) is 8.11. The third-order valence-electron chi connectivity index (χ3n) is 4.19. The summed E-state index contributed by atoms with van der Waals surface area (Å²) < 4.78 is 78.2. The maximum Gasteiger partial charge on any atom is 0.481 e. The van der Waals surface area contributed by atoms with E-state index in [2.05, 4.69) is 0 Å². The number of nitrogens with one attached hydrogen (secondary N) is 1. The van der Waals surface area contributed by atoms with Crippen LogP contribution in [0.4, 0.5) is 26.3 Å². The maximum absolute atomic E-state index is 13.7. The fourth-order valence-corrected chi connectivity index (χ4v) is 2.77. The molecule has 1 aromatic rings. The second-order valence-electron chi connectivity index (χ2n) is 6.33. The summed E-state index contributed by atoms with van der Waals surface area (Å²) in [6, 6.07) is 0.103. The van der Waals surface area contributed by atoms with E-state index in [1.165, 1.54) is 0 Å². The van der Waals surface area contributed by atoms with E-state index in [-0.39, 0.29) is 43.9 Å². The number of benzene rings is 1. The third-order valence-corrected chi connectivity index (χ3v) is 4.19. The number of nitrogens with zero attached hydrogens (tertiary/aromatic N) is 2. The van der Waals surface area contributed by atoms with Crippen LogP contribution in [0.1, 0.15) is 12.0 Å². The molecule has 0 unspecified atom stereocenters. The summed E-state index contributed by atoms with van der Waals surface area (Å²) in [6.07, 6.45) is -5.41. The molecule has 0 bridgehead atoms. The molecule has 1 amide bonds. The molecule has 1 heterocycles. The highest BCUT2D eigenvalue weighted by atomic mass is 19.4. The Kier molecular flexibility index (Phi) is 6.32. The number of amidine groups is 2. The maximum atomic E-state index is 13.7.